The largest absolute Gasteiger partial charge is 0.361 e. The Kier molecular flexibility index (Phi) is 4.10. The van der Waals surface area contributed by atoms with Gasteiger partial charge in [0.05, 0.1) is 6.04 Å². The number of aromatic amines is 2. The molecule has 27 heavy (non-hydrogen) atoms. The SMILES string of the molecule is C=CC(c1c[nH]c2ccccc12)N1CCC(c2c[nH]c3ccccc23)CC1. The lowest BCUT2D eigenvalue weighted by molar-refractivity contribution is 0.179. The van der Waals surface area contributed by atoms with Gasteiger partial charge in [-0.2, -0.15) is 0 Å². The molecule has 2 N–H and O–H groups in total. The minimum Gasteiger partial charge on any atom is -0.361 e. The highest BCUT2D eigenvalue weighted by atomic mass is 15.2. The van der Waals surface area contributed by atoms with Crippen molar-refractivity contribution in [1.82, 2.24) is 14.9 Å². The summed E-state index contributed by atoms with van der Waals surface area (Å²) in [6, 6.07) is 17.5. The average Bonchev–Trinajstić information content (AvgIpc) is 3.34. The molecule has 5 rings (SSSR count). The Labute approximate surface area is 159 Å². The summed E-state index contributed by atoms with van der Waals surface area (Å²) in [5.41, 5.74) is 5.27. The molecule has 2 aromatic heterocycles. The van der Waals surface area contributed by atoms with Crippen LogP contribution in [0.3, 0.4) is 0 Å². The third-order valence-electron chi connectivity index (χ3n) is 6.15. The molecular formula is C24H25N3. The quantitative estimate of drug-likeness (QED) is 0.449. The standard InChI is InChI=1S/C24H25N3/c1-2-24(21-16-26-23-10-6-4-8-19(21)23)27-13-11-17(12-14-27)20-15-25-22-9-5-3-7-18(20)22/h2-10,15-17,24-26H,1,11-14H2. The second-order valence-corrected chi connectivity index (χ2v) is 7.57. The van der Waals surface area contributed by atoms with E-state index in [9.17, 15) is 0 Å². The van der Waals surface area contributed by atoms with Crippen LogP contribution < -0.4 is 0 Å². The van der Waals surface area contributed by atoms with Crippen molar-refractivity contribution in [3.05, 3.63) is 84.7 Å². The maximum absolute atomic E-state index is 4.15. The van der Waals surface area contributed by atoms with E-state index in [4.69, 9.17) is 0 Å². The fraction of sp³-hybridized carbons (Fsp3) is 0.250. The molecular weight excluding hydrogens is 330 g/mol. The van der Waals surface area contributed by atoms with Crippen LogP contribution in [0.15, 0.2) is 73.6 Å². The zero-order valence-corrected chi connectivity index (χ0v) is 15.5. The van der Waals surface area contributed by atoms with E-state index in [2.05, 4.69) is 88.4 Å². The molecule has 136 valence electrons. The normalized spacial score (nSPS) is 17.5. The van der Waals surface area contributed by atoms with Crippen LogP contribution in [0.2, 0.25) is 0 Å². The molecule has 1 saturated heterocycles. The van der Waals surface area contributed by atoms with Crippen LogP contribution in [-0.2, 0) is 0 Å². The summed E-state index contributed by atoms with van der Waals surface area (Å²) < 4.78 is 0. The zero-order valence-electron chi connectivity index (χ0n) is 15.5. The summed E-state index contributed by atoms with van der Waals surface area (Å²) in [6.07, 6.45) is 8.85. The highest BCUT2D eigenvalue weighted by molar-refractivity contribution is 5.84. The topological polar surface area (TPSA) is 34.8 Å². The molecule has 0 bridgehead atoms. The number of H-pyrrole nitrogens is 2. The Hall–Kier alpha value is -2.78. The Morgan fingerprint density at radius 2 is 1.52 bits per heavy atom. The van der Waals surface area contributed by atoms with E-state index in [1.165, 1.54) is 45.8 Å². The lowest BCUT2D eigenvalue weighted by Gasteiger charge is -2.36. The number of benzene rings is 2. The number of rotatable bonds is 4. The summed E-state index contributed by atoms with van der Waals surface area (Å²) in [6.45, 7) is 6.34. The number of piperidine rings is 1. The molecule has 0 amide bonds. The maximum Gasteiger partial charge on any atom is 0.0550 e. The van der Waals surface area contributed by atoms with E-state index in [1.807, 2.05) is 0 Å². The van der Waals surface area contributed by atoms with Crippen molar-refractivity contribution in [2.24, 2.45) is 0 Å². The van der Waals surface area contributed by atoms with Crippen LogP contribution in [0.4, 0.5) is 0 Å². The van der Waals surface area contributed by atoms with Crippen molar-refractivity contribution in [2.45, 2.75) is 24.8 Å². The van der Waals surface area contributed by atoms with Gasteiger partial charge in [-0.3, -0.25) is 4.90 Å². The Balaban J connectivity index is 1.37. The molecule has 0 spiro atoms. The molecule has 0 radical (unpaired) electrons. The second kappa shape index (κ2) is 6.75. The van der Waals surface area contributed by atoms with Gasteiger partial charge < -0.3 is 9.97 Å². The first-order chi connectivity index (χ1) is 13.3. The first kappa shape index (κ1) is 16.4. The first-order valence-electron chi connectivity index (χ1n) is 9.84. The lowest BCUT2D eigenvalue weighted by atomic mass is 9.88. The van der Waals surface area contributed by atoms with E-state index in [-0.39, 0.29) is 6.04 Å². The van der Waals surface area contributed by atoms with Gasteiger partial charge in [-0.25, -0.2) is 0 Å². The second-order valence-electron chi connectivity index (χ2n) is 7.57. The van der Waals surface area contributed by atoms with Crippen LogP contribution in [0.5, 0.6) is 0 Å². The summed E-state index contributed by atoms with van der Waals surface area (Å²) in [5, 5.41) is 2.69. The minimum absolute atomic E-state index is 0.269. The van der Waals surface area contributed by atoms with Gasteiger partial charge in [0.1, 0.15) is 0 Å². The predicted molar refractivity (Wildman–Crippen MR) is 113 cm³/mol. The van der Waals surface area contributed by atoms with Gasteiger partial charge in [0.2, 0.25) is 0 Å². The Bertz CT molecular complexity index is 1080. The number of nitrogens with one attached hydrogen (secondary N) is 2. The molecule has 4 aromatic rings. The number of aromatic nitrogens is 2. The van der Waals surface area contributed by atoms with Gasteiger partial charge in [-0.1, -0.05) is 42.5 Å². The van der Waals surface area contributed by atoms with Crippen molar-refractivity contribution in [3.63, 3.8) is 0 Å². The molecule has 3 heterocycles. The average molecular weight is 355 g/mol. The minimum atomic E-state index is 0.269. The van der Waals surface area contributed by atoms with E-state index < -0.39 is 0 Å². The number of fused-ring (bicyclic) bond motifs is 2. The van der Waals surface area contributed by atoms with Gasteiger partial charge in [-0.05, 0) is 55.1 Å². The van der Waals surface area contributed by atoms with Crippen LogP contribution in [0, 0.1) is 0 Å². The third kappa shape index (κ3) is 2.79. The van der Waals surface area contributed by atoms with Gasteiger partial charge in [-0.15, -0.1) is 6.58 Å². The lowest BCUT2D eigenvalue weighted by Crippen LogP contribution is -2.35. The smallest absolute Gasteiger partial charge is 0.0550 e. The summed E-state index contributed by atoms with van der Waals surface area (Å²) in [5.74, 6) is 0.630. The highest BCUT2D eigenvalue weighted by Crippen LogP contribution is 2.37. The van der Waals surface area contributed by atoms with Crippen molar-refractivity contribution in [2.75, 3.05) is 13.1 Å². The molecule has 3 nitrogen and oxygen atoms in total. The molecule has 1 fully saturated rings. The van der Waals surface area contributed by atoms with Crippen molar-refractivity contribution >= 4 is 21.8 Å². The van der Waals surface area contributed by atoms with Crippen LogP contribution in [0.1, 0.15) is 35.9 Å². The zero-order chi connectivity index (χ0) is 18.2. The molecule has 0 saturated carbocycles. The summed E-state index contributed by atoms with van der Waals surface area (Å²) >= 11 is 0. The van der Waals surface area contributed by atoms with Gasteiger partial charge in [0.25, 0.3) is 0 Å². The molecule has 1 atom stereocenters. The molecule has 1 aliphatic rings. The number of hydrogen-bond acceptors (Lipinski definition) is 1. The number of likely N-dealkylation sites (tertiary alicyclic amines) is 1. The van der Waals surface area contributed by atoms with E-state index >= 15 is 0 Å². The van der Waals surface area contributed by atoms with Crippen molar-refractivity contribution in [3.8, 4) is 0 Å². The highest BCUT2D eigenvalue weighted by Gasteiger charge is 2.27. The number of nitrogens with zero attached hydrogens (tertiary/aromatic N) is 1. The fourth-order valence-electron chi connectivity index (χ4n) is 4.73. The van der Waals surface area contributed by atoms with Gasteiger partial charge in [0.15, 0.2) is 0 Å². The summed E-state index contributed by atoms with van der Waals surface area (Å²) in [7, 11) is 0. The predicted octanol–water partition coefficient (Wildman–Crippen LogP) is 5.76. The van der Waals surface area contributed by atoms with E-state index in [0.29, 0.717) is 5.92 Å². The Morgan fingerprint density at radius 3 is 2.26 bits per heavy atom. The molecule has 2 aromatic carbocycles. The van der Waals surface area contributed by atoms with Gasteiger partial charge >= 0.3 is 0 Å². The van der Waals surface area contributed by atoms with Crippen molar-refractivity contribution < 1.29 is 0 Å². The Morgan fingerprint density at radius 1 is 0.889 bits per heavy atom. The van der Waals surface area contributed by atoms with E-state index in [0.717, 1.165) is 13.1 Å². The van der Waals surface area contributed by atoms with Crippen molar-refractivity contribution in [1.29, 1.82) is 0 Å². The third-order valence-corrected chi connectivity index (χ3v) is 6.15. The monoisotopic (exact) mass is 355 g/mol. The number of para-hydroxylation sites is 2. The van der Waals surface area contributed by atoms with Gasteiger partial charge in [0, 0.05) is 34.2 Å². The molecule has 1 aliphatic heterocycles. The molecule has 3 heteroatoms. The summed E-state index contributed by atoms with van der Waals surface area (Å²) in [4.78, 5) is 9.43. The maximum atomic E-state index is 4.15. The van der Waals surface area contributed by atoms with Crippen LogP contribution >= 0.6 is 0 Å². The van der Waals surface area contributed by atoms with Crippen LogP contribution in [0.25, 0.3) is 21.8 Å². The van der Waals surface area contributed by atoms with E-state index in [1.54, 1.807) is 0 Å². The number of hydrogen-bond donors (Lipinski definition) is 2. The molecule has 1 unspecified atom stereocenters. The fourth-order valence-corrected chi connectivity index (χ4v) is 4.73. The first-order valence-corrected chi connectivity index (χ1v) is 9.84. The van der Waals surface area contributed by atoms with Crippen LogP contribution in [-0.4, -0.2) is 28.0 Å². The molecule has 0 aliphatic carbocycles.